The van der Waals surface area contributed by atoms with Crippen LogP contribution < -0.4 is 11.1 Å². The Bertz CT molecular complexity index is 999. The van der Waals surface area contributed by atoms with E-state index in [0.29, 0.717) is 25.8 Å². The van der Waals surface area contributed by atoms with E-state index >= 15 is 0 Å². The number of methoxy groups -OCH3 is 1. The number of pyridine rings is 1. The van der Waals surface area contributed by atoms with Gasteiger partial charge in [0.1, 0.15) is 0 Å². The summed E-state index contributed by atoms with van der Waals surface area (Å²) in [6.45, 7) is 6.72. The number of para-hydroxylation sites is 2. The predicted molar refractivity (Wildman–Crippen MR) is 127 cm³/mol. The lowest BCUT2D eigenvalue weighted by Gasteiger charge is -2.32. The minimum atomic E-state index is -0.405. The molecule has 0 bridgehead atoms. The molecule has 172 valence electrons. The molecule has 2 aromatic heterocycles. The first-order valence-electron chi connectivity index (χ1n) is 11.4. The molecule has 1 aliphatic heterocycles. The van der Waals surface area contributed by atoms with Crippen LogP contribution in [0.25, 0.3) is 11.0 Å². The van der Waals surface area contributed by atoms with Crippen molar-refractivity contribution in [2.75, 3.05) is 51.8 Å². The molecule has 1 aromatic carbocycles. The Hall–Kier alpha value is -2.52. The average Bonchev–Trinajstić information content (AvgIpc) is 3.16. The highest BCUT2D eigenvalue weighted by atomic mass is 16.5. The van der Waals surface area contributed by atoms with Crippen molar-refractivity contribution >= 4 is 17.0 Å². The molecule has 0 amide bonds. The molecule has 0 aliphatic carbocycles. The van der Waals surface area contributed by atoms with Crippen LogP contribution in [0.15, 0.2) is 42.5 Å². The Balaban J connectivity index is 1.67. The summed E-state index contributed by atoms with van der Waals surface area (Å²) in [5.74, 6) is 0.814. The predicted octanol–water partition coefficient (Wildman–Crippen LogP) is 2.78. The fourth-order valence-corrected chi connectivity index (χ4v) is 4.29. The molecule has 0 spiro atoms. The van der Waals surface area contributed by atoms with Gasteiger partial charge in [-0.25, -0.2) is 4.98 Å². The van der Waals surface area contributed by atoms with Gasteiger partial charge in [-0.1, -0.05) is 18.2 Å². The molecule has 1 saturated heterocycles. The van der Waals surface area contributed by atoms with Gasteiger partial charge in [-0.15, -0.1) is 0 Å². The van der Waals surface area contributed by atoms with Crippen molar-refractivity contribution in [3.05, 3.63) is 53.9 Å². The van der Waals surface area contributed by atoms with Gasteiger partial charge in [0, 0.05) is 45.0 Å². The Labute approximate surface area is 189 Å². The highest BCUT2D eigenvalue weighted by Crippen LogP contribution is 2.30. The van der Waals surface area contributed by atoms with Crippen LogP contribution in [0, 0.1) is 6.92 Å². The maximum atomic E-state index is 6.33. The Kier molecular flexibility index (Phi) is 7.70. The standard InChI is InChI=1S/C24H34N6O2/c1-18-6-5-8-21(26-18)23(32-17-16-31-2)30-22-9-4-3-7-20(22)28-24(30)27-19-10-13-29(14-11-19)15-12-25/h3-9,19,23H,10-17,25H2,1-2H3,(H,27,28). The molecular weight excluding hydrogens is 404 g/mol. The van der Waals surface area contributed by atoms with Crippen LogP contribution in [-0.4, -0.2) is 72.0 Å². The number of benzene rings is 1. The molecule has 1 atom stereocenters. The minimum absolute atomic E-state index is 0.352. The van der Waals surface area contributed by atoms with Gasteiger partial charge in [0.25, 0.3) is 0 Å². The van der Waals surface area contributed by atoms with Crippen LogP contribution in [0.3, 0.4) is 0 Å². The number of nitrogens with two attached hydrogens (primary N) is 1. The smallest absolute Gasteiger partial charge is 0.206 e. The van der Waals surface area contributed by atoms with Gasteiger partial charge in [-0.2, -0.15) is 0 Å². The molecule has 8 heteroatoms. The second-order valence-electron chi connectivity index (χ2n) is 8.26. The number of likely N-dealkylation sites (tertiary alicyclic amines) is 1. The van der Waals surface area contributed by atoms with E-state index in [1.807, 2.05) is 43.3 Å². The van der Waals surface area contributed by atoms with Gasteiger partial charge in [0.05, 0.1) is 29.9 Å². The number of aryl methyl sites for hydroxylation is 1. The minimum Gasteiger partial charge on any atom is -0.382 e. The van der Waals surface area contributed by atoms with Crippen molar-refractivity contribution in [3.63, 3.8) is 0 Å². The highest BCUT2D eigenvalue weighted by molar-refractivity contribution is 5.79. The number of ether oxygens (including phenoxy) is 2. The Morgan fingerprint density at radius 1 is 1.09 bits per heavy atom. The van der Waals surface area contributed by atoms with E-state index in [9.17, 15) is 0 Å². The summed E-state index contributed by atoms with van der Waals surface area (Å²) in [6.07, 6.45) is 1.71. The van der Waals surface area contributed by atoms with E-state index in [-0.39, 0.29) is 0 Å². The first-order valence-corrected chi connectivity index (χ1v) is 11.4. The van der Waals surface area contributed by atoms with Gasteiger partial charge in [0.2, 0.25) is 5.95 Å². The van der Waals surface area contributed by atoms with E-state index in [0.717, 1.165) is 60.8 Å². The fourth-order valence-electron chi connectivity index (χ4n) is 4.29. The third-order valence-corrected chi connectivity index (χ3v) is 5.92. The zero-order valence-corrected chi connectivity index (χ0v) is 19.0. The Morgan fingerprint density at radius 3 is 2.66 bits per heavy atom. The maximum Gasteiger partial charge on any atom is 0.206 e. The second kappa shape index (κ2) is 10.9. The molecule has 4 rings (SSSR count). The SMILES string of the molecule is COCCOC(c1cccc(C)n1)n1c(NC2CCN(CCN)CC2)nc2ccccc21. The number of rotatable bonds is 10. The summed E-state index contributed by atoms with van der Waals surface area (Å²) in [7, 11) is 1.68. The van der Waals surface area contributed by atoms with Crippen molar-refractivity contribution in [1.82, 2.24) is 19.4 Å². The first-order chi connectivity index (χ1) is 15.7. The molecule has 0 saturated carbocycles. The lowest BCUT2D eigenvalue weighted by Crippen LogP contribution is -2.41. The van der Waals surface area contributed by atoms with Crippen molar-refractivity contribution in [3.8, 4) is 0 Å². The van der Waals surface area contributed by atoms with Crippen LogP contribution >= 0.6 is 0 Å². The van der Waals surface area contributed by atoms with E-state index < -0.39 is 6.23 Å². The molecular formula is C24H34N6O2. The number of imidazole rings is 1. The van der Waals surface area contributed by atoms with E-state index in [4.69, 9.17) is 25.2 Å². The number of piperidine rings is 1. The number of anilines is 1. The summed E-state index contributed by atoms with van der Waals surface area (Å²) < 4.78 is 13.7. The third-order valence-electron chi connectivity index (χ3n) is 5.92. The topological polar surface area (TPSA) is 90.5 Å². The molecule has 3 N–H and O–H groups in total. The number of nitrogens with zero attached hydrogens (tertiary/aromatic N) is 4. The monoisotopic (exact) mass is 438 g/mol. The molecule has 3 heterocycles. The van der Waals surface area contributed by atoms with Crippen LogP contribution in [0.2, 0.25) is 0 Å². The highest BCUT2D eigenvalue weighted by Gasteiger charge is 2.26. The Morgan fingerprint density at radius 2 is 1.91 bits per heavy atom. The number of hydrogen-bond acceptors (Lipinski definition) is 7. The molecule has 1 unspecified atom stereocenters. The number of fused-ring (bicyclic) bond motifs is 1. The van der Waals surface area contributed by atoms with E-state index in [2.05, 4.69) is 20.9 Å². The van der Waals surface area contributed by atoms with Gasteiger partial charge in [0.15, 0.2) is 6.23 Å². The summed E-state index contributed by atoms with van der Waals surface area (Å²) in [6, 6.07) is 14.5. The van der Waals surface area contributed by atoms with Crippen molar-refractivity contribution in [1.29, 1.82) is 0 Å². The summed E-state index contributed by atoms with van der Waals surface area (Å²) in [4.78, 5) is 12.1. The van der Waals surface area contributed by atoms with Crippen LogP contribution in [0.4, 0.5) is 5.95 Å². The number of nitrogens with one attached hydrogen (secondary N) is 1. The summed E-state index contributed by atoms with van der Waals surface area (Å²) in [5.41, 5.74) is 9.48. The molecule has 0 radical (unpaired) electrons. The number of aromatic nitrogens is 3. The normalized spacial score (nSPS) is 16.5. The van der Waals surface area contributed by atoms with Gasteiger partial charge in [-0.3, -0.25) is 9.55 Å². The van der Waals surface area contributed by atoms with E-state index in [1.54, 1.807) is 7.11 Å². The second-order valence-corrected chi connectivity index (χ2v) is 8.26. The number of hydrogen-bond donors (Lipinski definition) is 2. The summed E-state index contributed by atoms with van der Waals surface area (Å²) >= 11 is 0. The quantitative estimate of drug-likeness (QED) is 0.470. The van der Waals surface area contributed by atoms with Crippen LogP contribution in [0.1, 0.15) is 30.5 Å². The molecule has 32 heavy (non-hydrogen) atoms. The largest absolute Gasteiger partial charge is 0.382 e. The lowest BCUT2D eigenvalue weighted by molar-refractivity contribution is 0.00178. The van der Waals surface area contributed by atoms with Crippen molar-refractivity contribution in [2.24, 2.45) is 5.73 Å². The van der Waals surface area contributed by atoms with Gasteiger partial charge < -0.3 is 25.4 Å². The van der Waals surface area contributed by atoms with Gasteiger partial charge >= 0.3 is 0 Å². The maximum absolute atomic E-state index is 6.33. The molecule has 3 aromatic rings. The van der Waals surface area contributed by atoms with Crippen molar-refractivity contribution in [2.45, 2.75) is 32.0 Å². The lowest BCUT2D eigenvalue weighted by atomic mass is 10.1. The summed E-state index contributed by atoms with van der Waals surface area (Å²) in [5, 5.41) is 3.71. The fraction of sp³-hybridized carbons (Fsp3) is 0.500. The van der Waals surface area contributed by atoms with Gasteiger partial charge in [-0.05, 0) is 44.0 Å². The molecule has 1 fully saturated rings. The average molecular weight is 439 g/mol. The van der Waals surface area contributed by atoms with E-state index in [1.165, 1.54) is 0 Å². The third kappa shape index (κ3) is 5.27. The van der Waals surface area contributed by atoms with Crippen molar-refractivity contribution < 1.29 is 9.47 Å². The first kappa shape index (κ1) is 22.7. The zero-order chi connectivity index (χ0) is 22.3. The van der Waals surface area contributed by atoms with Crippen LogP contribution in [-0.2, 0) is 9.47 Å². The molecule has 1 aliphatic rings. The zero-order valence-electron chi connectivity index (χ0n) is 19.0. The van der Waals surface area contributed by atoms with Crippen LogP contribution in [0.5, 0.6) is 0 Å². The molecule has 8 nitrogen and oxygen atoms in total.